The summed E-state index contributed by atoms with van der Waals surface area (Å²) in [6.07, 6.45) is 7.77. The Morgan fingerprint density at radius 3 is 2.44 bits per heavy atom. The number of aromatic nitrogens is 2. The quantitative estimate of drug-likeness (QED) is 0.856. The highest BCUT2D eigenvalue weighted by atomic mass is 32.2. The fourth-order valence-electron chi connectivity index (χ4n) is 3.70. The first-order chi connectivity index (χ1) is 12.0. The summed E-state index contributed by atoms with van der Waals surface area (Å²) in [7, 11) is -3.64. The van der Waals surface area contributed by atoms with Crippen LogP contribution in [0.4, 0.5) is 5.95 Å². The molecule has 2 saturated carbocycles. The minimum Gasteiger partial charge on any atom is -0.351 e. The molecule has 7 heteroatoms. The first-order valence-electron chi connectivity index (χ1n) is 8.73. The van der Waals surface area contributed by atoms with E-state index < -0.39 is 10.0 Å². The van der Waals surface area contributed by atoms with Gasteiger partial charge in [0.2, 0.25) is 16.0 Å². The molecular formula is C18H22N4O2S. The van der Waals surface area contributed by atoms with Gasteiger partial charge >= 0.3 is 0 Å². The molecular weight excluding hydrogens is 336 g/mol. The van der Waals surface area contributed by atoms with Crippen molar-refractivity contribution in [2.75, 3.05) is 5.32 Å². The van der Waals surface area contributed by atoms with Crippen molar-refractivity contribution in [1.29, 1.82) is 0 Å². The first-order valence-corrected chi connectivity index (χ1v) is 10.3. The third kappa shape index (κ3) is 3.67. The molecule has 0 saturated heterocycles. The second-order valence-electron chi connectivity index (χ2n) is 6.99. The molecule has 2 aliphatic carbocycles. The average molecular weight is 358 g/mol. The molecule has 3 N–H and O–H groups in total. The molecule has 1 heterocycles. The number of rotatable bonds is 5. The van der Waals surface area contributed by atoms with Crippen LogP contribution in [0.5, 0.6) is 0 Å². The van der Waals surface area contributed by atoms with Gasteiger partial charge in [-0.1, -0.05) is 25.0 Å². The minimum atomic E-state index is -3.64. The van der Waals surface area contributed by atoms with Crippen LogP contribution in [0.25, 0.3) is 0 Å². The summed E-state index contributed by atoms with van der Waals surface area (Å²) in [5, 5.41) is 8.59. The van der Waals surface area contributed by atoms with E-state index in [0.717, 1.165) is 23.6 Å². The molecule has 2 unspecified atom stereocenters. The minimum absolute atomic E-state index is 0.151. The summed E-state index contributed by atoms with van der Waals surface area (Å²) in [6.45, 7) is 0. The number of hydrogen-bond donors (Lipinski definition) is 2. The van der Waals surface area contributed by atoms with Crippen LogP contribution < -0.4 is 10.5 Å². The molecule has 2 aromatic rings. The van der Waals surface area contributed by atoms with E-state index in [1.54, 1.807) is 12.1 Å². The fraction of sp³-hybridized carbons (Fsp3) is 0.444. The topological polar surface area (TPSA) is 98.0 Å². The molecule has 0 spiro atoms. The molecule has 2 atom stereocenters. The highest BCUT2D eigenvalue weighted by molar-refractivity contribution is 7.89. The molecule has 2 fully saturated rings. The third-order valence-corrected chi connectivity index (χ3v) is 6.10. The molecule has 0 amide bonds. The number of nitrogens with two attached hydrogens (primary N) is 1. The number of nitrogens with one attached hydrogen (secondary N) is 1. The van der Waals surface area contributed by atoms with E-state index in [9.17, 15) is 8.42 Å². The zero-order chi connectivity index (χ0) is 17.4. The van der Waals surface area contributed by atoms with Gasteiger partial charge in [-0.3, -0.25) is 0 Å². The van der Waals surface area contributed by atoms with Gasteiger partial charge in [-0.05, 0) is 48.9 Å². The lowest BCUT2D eigenvalue weighted by molar-refractivity contribution is 0.598. The monoisotopic (exact) mass is 358 g/mol. The highest BCUT2D eigenvalue weighted by Crippen LogP contribution is 2.54. The number of nitrogens with zero attached hydrogens (tertiary/aromatic N) is 2. The average Bonchev–Trinajstić information content (AvgIpc) is 3.24. The van der Waals surface area contributed by atoms with E-state index in [0.29, 0.717) is 17.9 Å². The summed E-state index contributed by atoms with van der Waals surface area (Å²) in [4.78, 5) is 9.19. The summed E-state index contributed by atoms with van der Waals surface area (Å²) >= 11 is 0. The molecule has 4 rings (SSSR count). The molecule has 132 valence electrons. The predicted molar refractivity (Wildman–Crippen MR) is 95.8 cm³/mol. The van der Waals surface area contributed by atoms with E-state index >= 15 is 0 Å². The van der Waals surface area contributed by atoms with Gasteiger partial charge < -0.3 is 5.32 Å². The Morgan fingerprint density at radius 1 is 1.04 bits per heavy atom. The van der Waals surface area contributed by atoms with Gasteiger partial charge in [-0.25, -0.2) is 23.5 Å². The first kappa shape index (κ1) is 16.5. The van der Waals surface area contributed by atoms with Gasteiger partial charge in [-0.2, -0.15) is 0 Å². The van der Waals surface area contributed by atoms with Crippen LogP contribution in [0.2, 0.25) is 0 Å². The molecule has 0 aliphatic heterocycles. The summed E-state index contributed by atoms with van der Waals surface area (Å²) in [5.41, 5.74) is 2.18. The SMILES string of the molecule is NS(=O)(=O)c1ccc(C2CC2c2ccnc(NC3CCCC3)n2)cc1. The molecule has 6 nitrogen and oxygen atoms in total. The lowest BCUT2D eigenvalue weighted by Gasteiger charge is -2.12. The standard InChI is InChI=1S/C18H22N4O2S/c19-25(23,24)14-7-5-12(6-8-14)15-11-16(15)17-9-10-20-18(22-17)21-13-3-1-2-4-13/h5-10,13,15-16H,1-4,11H2,(H2,19,23,24)(H,20,21,22). The van der Waals surface area contributed by atoms with Crippen LogP contribution in [0.3, 0.4) is 0 Å². The smallest absolute Gasteiger partial charge is 0.238 e. The van der Waals surface area contributed by atoms with E-state index in [1.165, 1.54) is 25.7 Å². The van der Waals surface area contributed by atoms with Crippen molar-refractivity contribution in [1.82, 2.24) is 9.97 Å². The number of hydrogen-bond acceptors (Lipinski definition) is 5. The van der Waals surface area contributed by atoms with Gasteiger partial charge in [0.15, 0.2) is 0 Å². The maximum atomic E-state index is 11.3. The number of sulfonamides is 1. The van der Waals surface area contributed by atoms with Crippen molar-refractivity contribution in [2.24, 2.45) is 5.14 Å². The number of benzene rings is 1. The molecule has 1 aromatic heterocycles. The maximum absolute atomic E-state index is 11.3. The normalized spacial score (nSPS) is 23.6. The zero-order valence-electron chi connectivity index (χ0n) is 13.9. The Bertz CT molecular complexity index is 861. The highest BCUT2D eigenvalue weighted by Gasteiger charge is 2.40. The van der Waals surface area contributed by atoms with E-state index in [4.69, 9.17) is 10.1 Å². The number of primary sulfonamides is 1. The Labute approximate surface area is 147 Å². The van der Waals surface area contributed by atoms with Crippen molar-refractivity contribution in [2.45, 2.75) is 54.9 Å². The third-order valence-electron chi connectivity index (χ3n) is 5.17. The molecule has 0 bridgehead atoms. The van der Waals surface area contributed by atoms with Crippen LogP contribution in [0.1, 0.15) is 55.2 Å². The van der Waals surface area contributed by atoms with Crippen LogP contribution in [-0.4, -0.2) is 24.4 Å². The van der Waals surface area contributed by atoms with Crippen LogP contribution >= 0.6 is 0 Å². The van der Waals surface area contributed by atoms with Crippen molar-refractivity contribution in [3.05, 3.63) is 47.8 Å². The zero-order valence-corrected chi connectivity index (χ0v) is 14.7. The van der Waals surface area contributed by atoms with Crippen molar-refractivity contribution in [3.63, 3.8) is 0 Å². The summed E-state index contributed by atoms with van der Waals surface area (Å²) in [5.74, 6) is 1.47. The van der Waals surface area contributed by atoms with Crippen LogP contribution in [-0.2, 0) is 10.0 Å². The fourth-order valence-corrected chi connectivity index (χ4v) is 4.21. The second kappa shape index (κ2) is 6.38. The summed E-state index contributed by atoms with van der Waals surface area (Å²) in [6, 6.07) is 9.33. The Morgan fingerprint density at radius 2 is 1.76 bits per heavy atom. The summed E-state index contributed by atoms with van der Waals surface area (Å²) < 4.78 is 22.7. The van der Waals surface area contributed by atoms with Crippen LogP contribution in [0, 0.1) is 0 Å². The van der Waals surface area contributed by atoms with E-state index in [2.05, 4.69) is 10.3 Å². The van der Waals surface area contributed by atoms with Crippen LogP contribution in [0.15, 0.2) is 41.4 Å². The molecule has 1 aromatic carbocycles. The van der Waals surface area contributed by atoms with Gasteiger partial charge in [0.1, 0.15) is 0 Å². The second-order valence-corrected chi connectivity index (χ2v) is 8.55. The van der Waals surface area contributed by atoms with Gasteiger partial charge in [-0.15, -0.1) is 0 Å². The van der Waals surface area contributed by atoms with Crippen molar-refractivity contribution < 1.29 is 8.42 Å². The molecule has 25 heavy (non-hydrogen) atoms. The van der Waals surface area contributed by atoms with Gasteiger partial charge in [0.05, 0.1) is 4.90 Å². The Kier molecular flexibility index (Phi) is 4.21. The van der Waals surface area contributed by atoms with Crippen molar-refractivity contribution in [3.8, 4) is 0 Å². The molecule has 2 aliphatic rings. The van der Waals surface area contributed by atoms with E-state index in [-0.39, 0.29) is 4.90 Å². The van der Waals surface area contributed by atoms with Gasteiger partial charge in [0.25, 0.3) is 0 Å². The Hall–Kier alpha value is -1.99. The molecule has 0 radical (unpaired) electrons. The van der Waals surface area contributed by atoms with E-state index in [1.807, 2.05) is 24.4 Å². The lowest BCUT2D eigenvalue weighted by atomic mass is 10.1. The Balaban J connectivity index is 1.45. The maximum Gasteiger partial charge on any atom is 0.238 e. The number of anilines is 1. The van der Waals surface area contributed by atoms with Gasteiger partial charge in [0, 0.05) is 23.9 Å². The van der Waals surface area contributed by atoms with Crippen molar-refractivity contribution >= 4 is 16.0 Å². The predicted octanol–water partition coefficient (Wildman–Crippen LogP) is 2.75. The lowest BCUT2D eigenvalue weighted by Crippen LogP contribution is -2.16. The largest absolute Gasteiger partial charge is 0.351 e.